The molecule has 1 aliphatic heterocycles. The fraction of sp³-hybridized carbons (Fsp3) is 0.500. The van der Waals surface area contributed by atoms with Crippen LogP contribution in [0.25, 0.3) is 0 Å². The monoisotopic (exact) mass is 471 g/mol. The summed E-state index contributed by atoms with van der Waals surface area (Å²) in [7, 11) is 1.61. The minimum atomic E-state index is -1.12. The molecular formula is C24H33N5O3S. The quantitative estimate of drug-likeness (QED) is 0.520. The minimum absolute atomic E-state index is 0.172. The summed E-state index contributed by atoms with van der Waals surface area (Å²) in [6.07, 6.45) is 2.02. The molecule has 0 saturated carbocycles. The molecule has 8 nitrogen and oxygen atoms in total. The summed E-state index contributed by atoms with van der Waals surface area (Å²) in [6, 6.07) is 9.42. The molecule has 2 N–H and O–H groups in total. The number of fused-ring (bicyclic) bond motifs is 1. The highest BCUT2D eigenvalue weighted by molar-refractivity contribution is 7.99. The zero-order valence-electron chi connectivity index (χ0n) is 19.8. The molecule has 0 aliphatic carbocycles. The summed E-state index contributed by atoms with van der Waals surface area (Å²) in [5, 5.41) is 10.1. The number of thioether (sulfide) groups is 1. The Morgan fingerprint density at radius 1 is 1.18 bits per heavy atom. The number of aromatic nitrogens is 2. The maximum absolute atomic E-state index is 13.1. The van der Waals surface area contributed by atoms with E-state index in [1.807, 2.05) is 43.0 Å². The van der Waals surface area contributed by atoms with E-state index in [0.29, 0.717) is 18.8 Å². The van der Waals surface area contributed by atoms with Crippen molar-refractivity contribution in [2.45, 2.75) is 52.2 Å². The molecule has 0 bridgehead atoms. The molecule has 0 spiro atoms. The van der Waals surface area contributed by atoms with Gasteiger partial charge in [-0.3, -0.25) is 19.1 Å². The number of benzene rings is 1. The molecule has 33 heavy (non-hydrogen) atoms. The van der Waals surface area contributed by atoms with E-state index in [1.54, 1.807) is 14.0 Å². The normalized spacial score (nSPS) is 17.6. The van der Waals surface area contributed by atoms with Crippen LogP contribution in [0, 0.1) is 6.92 Å². The molecule has 3 amide bonds. The van der Waals surface area contributed by atoms with Crippen LogP contribution < -0.4 is 10.6 Å². The lowest BCUT2D eigenvalue weighted by Gasteiger charge is -2.40. The molecule has 1 atom stereocenters. The largest absolute Gasteiger partial charge is 0.351 e. The first-order chi connectivity index (χ1) is 15.8. The second-order valence-corrected chi connectivity index (χ2v) is 9.83. The average Bonchev–Trinajstić information content (AvgIpc) is 3.23. The molecule has 1 aromatic heterocycles. The number of likely N-dealkylation sites (N-methyl/N-ethyl adjacent to an activating group) is 1. The number of nitrogens with zero attached hydrogens (tertiary/aromatic N) is 3. The van der Waals surface area contributed by atoms with Gasteiger partial charge >= 0.3 is 0 Å². The number of hydrogen-bond acceptors (Lipinski definition) is 5. The third-order valence-electron chi connectivity index (χ3n) is 5.90. The van der Waals surface area contributed by atoms with E-state index in [0.717, 1.165) is 35.5 Å². The van der Waals surface area contributed by atoms with Crippen molar-refractivity contribution >= 4 is 29.5 Å². The fourth-order valence-corrected chi connectivity index (χ4v) is 4.47. The van der Waals surface area contributed by atoms with Crippen LogP contribution in [0.4, 0.5) is 0 Å². The molecule has 2 heterocycles. The third kappa shape index (κ3) is 5.76. The maximum Gasteiger partial charge on any atom is 0.272 e. The van der Waals surface area contributed by atoms with Crippen molar-refractivity contribution in [1.29, 1.82) is 0 Å². The molecule has 9 heteroatoms. The van der Waals surface area contributed by atoms with Crippen LogP contribution in [0.15, 0.2) is 30.3 Å². The highest BCUT2D eigenvalue weighted by Gasteiger charge is 2.46. The number of carbonyl (C=O) groups excluding carboxylic acids is 3. The Hall–Kier alpha value is -2.81. The topological polar surface area (TPSA) is 96.3 Å². The lowest BCUT2D eigenvalue weighted by molar-refractivity contribution is -0.132. The van der Waals surface area contributed by atoms with Gasteiger partial charge in [-0.1, -0.05) is 36.8 Å². The average molecular weight is 472 g/mol. The lowest BCUT2D eigenvalue weighted by atomic mass is 9.95. The van der Waals surface area contributed by atoms with Crippen molar-refractivity contribution < 1.29 is 14.4 Å². The van der Waals surface area contributed by atoms with Gasteiger partial charge in [-0.25, -0.2) is 0 Å². The van der Waals surface area contributed by atoms with E-state index >= 15 is 0 Å². The summed E-state index contributed by atoms with van der Waals surface area (Å²) in [5.74, 6) is 1.20. The van der Waals surface area contributed by atoms with Crippen LogP contribution >= 0.6 is 11.8 Å². The van der Waals surface area contributed by atoms with Crippen molar-refractivity contribution in [2.24, 2.45) is 0 Å². The Balaban J connectivity index is 1.64. The van der Waals surface area contributed by atoms with Crippen molar-refractivity contribution in [3.8, 4) is 0 Å². The number of amides is 3. The van der Waals surface area contributed by atoms with Crippen molar-refractivity contribution in [2.75, 3.05) is 25.1 Å². The Labute approximate surface area is 199 Å². The first kappa shape index (κ1) is 24.8. The Kier molecular flexibility index (Phi) is 8.18. The number of aryl methyl sites for hydroxylation is 1. The molecule has 3 rings (SSSR count). The molecule has 0 saturated heterocycles. The van der Waals surface area contributed by atoms with Gasteiger partial charge in [0.1, 0.15) is 11.2 Å². The zero-order valence-corrected chi connectivity index (χ0v) is 20.6. The van der Waals surface area contributed by atoms with Crippen LogP contribution in [0.2, 0.25) is 0 Å². The SMILES string of the molecule is CCCSCCCNC(=O)c1cc2n(n1)C[C@](C)(C(=O)NCc1ccc(C)cc1)N(C)C2=O. The molecule has 0 fully saturated rings. The first-order valence-corrected chi connectivity index (χ1v) is 12.5. The predicted octanol–water partition coefficient (Wildman–Crippen LogP) is 2.62. The zero-order chi connectivity index (χ0) is 24.0. The van der Waals surface area contributed by atoms with Gasteiger partial charge in [-0.15, -0.1) is 0 Å². The number of rotatable bonds is 10. The molecule has 178 valence electrons. The van der Waals surface area contributed by atoms with E-state index < -0.39 is 5.54 Å². The van der Waals surface area contributed by atoms with Crippen LogP contribution in [0.5, 0.6) is 0 Å². The summed E-state index contributed by atoms with van der Waals surface area (Å²) >= 11 is 1.87. The van der Waals surface area contributed by atoms with Gasteiger partial charge in [-0.05, 0) is 43.8 Å². The van der Waals surface area contributed by atoms with Crippen LogP contribution in [0.3, 0.4) is 0 Å². The second kappa shape index (κ2) is 10.9. The predicted molar refractivity (Wildman–Crippen MR) is 130 cm³/mol. The van der Waals surface area contributed by atoms with Gasteiger partial charge in [0.05, 0.1) is 6.54 Å². The minimum Gasteiger partial charge on any atom is -0.351 e. The maximum atomic E-state index is 13.1. The van der Waals surface area contributed by atoms with E-state index in [9.17, 15) is 14.4 Å². The second-order valence-electron chi connectivity index (χ2n) is 8.60. The van der Waals surface area contributed by atoms with Crippen molar-refractivity contribution in [3.05, 3.63) is 52.8 Å². The number of hydrogen-bond donors (Lipinski definition) is 2. The van der Waals surface area contributed by atoms with E-state index in [1.165, 1.54) is 15.6 Å². The molecule has 1 aromatic carbocycles. The summed E-state index contributed by atoms with van der Waals surface area (Å²) in [5.41, 5.74) is 1.51. The lowest BCUT2D eigenvalue weighted by Crippen LogP contribution is -2.62. The summed E-state index contributed by atoms with van der Waals surface area (Å²) < 4.78 is 1.47. The van der Waals surface area contributed by atoms with Crippen LogP contribution in [-0.4, -0.2) is 63.0 Å². The van der Waals surface area contributed by atoms with Crippen LogP contribution in [0.1, 0.15) is 58.8 Å². The Bertz CT molecular complexity index is 1000. The number of nitrogens with one attached hydrogen (secondary N) is 2. The van der Waals surface area contributed by atoms with Gasteiger partial charge in [-0.2, -0.15) is 16.9 Å². The van der Waals surface area contributed by atoms with Gasteiger partial charge in [0, 0.05) is 26.2 Å². The molecular weight excluding hydrogens is 438 g/mol. The highest BCUT2D eigenvalue weighted by atomic mass is 32.2. The van der Waals surface area contributed by atoms with Gasteiger partial charge in [0.15, 0.2) is 5.69 Å². The summed E-state index contributed by atoms with van der Waals surface area (Å²) in [4.78, 5) is 40.0. The van der Waals surface area contributed by atoms with Crippen molar-refractivity contribution in [1.82, 2.24) is 25.3 Å². The molecule has 0 radical (unpaired) electrons. The fourth-order valence-electron chi connectivity index (χ4n) is 3.63. The Morgan fingerprint density at radius 3 is 2.61 bits per heavy atom. The van der Waals surface area contributed by atoms with E-state index in [-0.39, 0.29) is 30.0 Å². The van der Waals surface area contributed by atoms with Gasteiger partial charge < -0.3 is 15.5 Å². The summed E-state index contributed by atoms with van der Waals surface area (Å²) in [6.45, 7) is 6.97. The van der Waals surface area contributed by atoms with Gasteiger partial charge in [0.2, 0.25) is 5.91 Å². The third-order valence-corrected chi connectivity index (χ3v) is 7.17. The molecule has 1 aliphatic rings. The van der Waals surface area contributed by atoms with Crippen LogP contribution in [-0.2, 0) is 17.9 Å². The standard InChI is InChI=1S/C24H33N5O3S/c1-5-12-33-13-6-11-25-21(30)19-14-20-22(31)28(4)24(3,16-29(20)27-19)23(32)26-15-18-9-7-17(2)8-10-18/h7-10,14H,5-6,11-13,15-16H2,1-4H3,(H,25,30)(H,26,32)/t24-/m1/s1. The number of carbonyl (C=O) groups is 3. The molecule has 0 unspecified atom stereocenters. The van der Waals surface area contributed by atoms with E-state index in [2.05, 4.69) is 22.7 Å². The van der Waals surface area contributed by atoms with E-state index in [4.69, 9.17) is 0 Å². The van der Waals surface area contributed by atoms with Crippen molar-refractivity contribution in [3.63, 3.8) is 0 Å². The Morgan fingerprint density at radius 2 is 1.91 bits per heavy atom. The smallest absolute Gasteiger partial charge is 0.272 e. The molecule has 2 aromatic rings. The highest BCUT2D eigenvalue weighted by Crippen LogP contribution is 2.26. The van der Waals surface area contributed by atoms with Gasteiger partial charge in [0.25, 0.3) is 11.8 Å². The first-order valence-electron chi connectivity index (χ1n) is 11.3.